The fourth-order valence-corrected chi connectivity index (χ4v) is 5.16. The van der Waals surface area contributed by atoms with Crippen LogP contribution in [0, 0.1) is 18.6 Å². The number of anilines is 1. The van der Waals surface area contributed by atoms with Gasteiger partial charge in [-0.1, -0.05) is 73.5 Å². The third-order valence-corrected chi connectivity index (χ3v) is 7.55. The van der Waals surface area contributed by atoms with E-state index in [1.54, 1.807) is 0 Å². The number of aryl methyl sites for hydroxylation is 1. The van der Waals surface area contributed by atoms with Crippen LogP contribution in [-0.2, 0) is 32.6 Å². The Morgan fingerprint density at radius 3 is 2.25 bits per heavy atom. The van der Waals surface area contributed by atoms with Crippen LogP contribution in [0.1, 0.15) is 36.5 Å². The summed E-state index contributed by atoms with van der Waals surface area (Å²) in [5.74, 6) is -3.41. The minimum Gasteiger partial charge on any atom is -0.354 e. The van der Waals surface area contributed by atoms with Crippen LogP contribution in [-0.4, -0.2) is 50.5 Å². The maximum atomic E-state index is 14.0. The van der Waals surface area contributed by atoms with Crippen molar-refractivity contribution in [2.24, 2.45) is 0 Å². The number of amides is 2. The van der Waals surface area contributed by atoms with Gasteiger partial charge in [-0.15, -0.1) is 0 Å². The second kappa shape index (κ2) is 14.0. The zero-order chi connectivity index (χ0) is 29.3. The number of benzene rings is 3. The number of sulfonamides is 1. The van der Waals surface area contributed by atoms with E-state index < -0.39 is 40.2 Å². The van der Waals surface area contributed by atoms with Crippen molar-refractivity contribution in [3.8, 4) is 0 Å². The lowest BCUT2D eigenvalue weighted by Gasteiger charge is -2.33. The Bertz CT molecular complexity index is 1420. The molecule has 1 N–H and O–H groups in total. The second-order valence-corrected chi connectivity index (χ2v) is 11.6. The minimum atomic E-state index is -4.08. The fourth-order valence-electron chi connectivity index (χ4n) is 4.32. The number of hydrogen-bond donors (Lipinski definition) is 1. The van der Waals surface area contributed by atoms with Gasteiger partial charge in [-0.3, -0.25) is 13.9 Å². The maximum Gasteiger partial charge on any atom is 0.244 e. The van der Waals surface area contributed by atoms with Crippen LogP contribution >= 0.6 is 0 Å². The van der Waals surface area contributed by atoms with E-state index in [0.29, 0.717) is 6.54 Å². The molecule has 1 atom stereocenters. The molecule has 3 rings (SSSR count). The molecule has 10 heteroatoms. The molecule has 0 radical (unpaired) electrons. The summed E-state index contributed by atoms with van der Waals surface area (Å²) in [5.41, 5.74) is 2.33. The smallest absolute Gasteiger partial charge is 0.244 e. The summed E-state index contributed by atoms with van der Waals surface area (Å²) in [6.07, 6.45) is 2.70. The second-order valence-electron chi connectivity index (χ2n) is 9.73. The average Bonchev–Trinajstić information content (AvgIpc) is 2.91. The molecule has 0 bridgehead atoms. The molecule has 3 aromatic rings. The molecule has 0 unspecified atom stereocenters. The first-order chi connectivity index (χ1) is 19.0. The van der Waals surface area contributed by atoms with Gasteiger partial charge < -0.3 is 10.2 Å². The van der Waals surface area contributed by atoms with Crippen molar-refractivity contribution in [2.45, 2.75) is 45.7 Å². The summed E-state index contributed by atoms with van der Waals surface area (Å²) in [6.45, 7) is 3.66. The van der Waals surface area contributed by atoms with E-state index in [9.17, 15) is 26.8 Å². The standard InChI is InChI=1S/C30H35F2N3O4S/c1-4-5-16-33-30(37)28(18-23-11-7-6-8-12-23)34(20-24-13-9-10-22(2)17-24)29(36)21-35(40(3,38)39)25-14-15-26(31)27(32)19-25/h6-15,17,19,28H,4-5,16,18,20-21H2,1-3H3,(H,33,37)/t28-/m1/s1. The van der Waals surface area contributed by atoms with Gasteiger partial charge in [0.2, 0.25) is 21.8 Å². The van der Waals surface area contributed by atoms with Crippen LogP contribution < -0.4 is 9.62 Å². The summed E-state index contributed by atoms with van der Waals surface area (Å²) >= 11 is 0. The van der Waals surface area contributed by atoms with E-state index in [2.05, 4.69) is 5.32 Å². The van der Waals surface area contributed by atoms with Gasteiger partial charge in [-0.25, -0.2) is 17.2 Å². The maximum absolute atomic E-state index is 14.0. The van der Waals surface area contributed by atoms with E-state index in [-0.39, 0.29) is 24.6 Å². The van der Waals surface area contributed by atoms with Crippen LogP contribution in [0.25, 0.3) is 0 Å². The molecule has 0 saturated carbocycles. The molecule has 0 aromatic heterocycles. The third-order valence-electron chi connectivity index (χ3n) is 6.41. The number of halogens is 2. The Labute approximate surface area is 234 Å². The number of carbonyl (C=O) groups is 2. The SMILES string of the molecule is CCCCNC(=O)[C@@H](Cc1ccccc1)N(Cc1cccc(C)c1)C(=O)CN(c1ccc(F)c(F)c1)S(C)(=O)=O. The quantitative estimate of drug-likeness (QED) is 0.304. The van der Waals surface area contributed by atoms with Gasteiger partial charge >= 0.3 is 0 Å². The van der Waals surface area contributed by atoms with Crippen LogP contribution in [0.4, 0.5) is 14.5 Å². The first-order valence-corrected chi connectivity index (χ1v) is 14.9. The summed E-state index contributed by atoms with van der Waals surface area (Å²) in [5, 5.41) is 2.91. The van der Waals surface area contributed by atoms with E-state index in [1.807, 2.05) is 68.4 Å². The Morgan fingerprint density at radius 2 is 1.62 bits per heavy atom. The molecule has 3 aromatic carbocycles. The third kappa shape index (κ3) is 8.61. The molecular formula is C30H35F2N3O4S. The molecule has 0 aliphatic rings. The predicted molar refractivity (Wildman–Crippen MR) is 152 cm³/mol. The molecule has 0 heterocycles. The molecule has 40 heavy (non-hydrogen) atoms. The lowest BCUT2D eigenvalue weighted by Crippen LogP contribution is -2.53. The lowest BCUT2D eigenvalue weighted by molar-refractivity contribution is -0.140. The average molecular weight is 572 g/mol. The molecule has 0 spiro atoms. The Morgan fingerprint density at radius 1 is 0.925 bits per heavy atom. The molecule has 7 nitrogen and oxygen atoms in total. The topological polar surface area (TPSA) is 86.8 Å². The molecular weight excluding hydrogens is 536 g/mol. The molecule has 2 amide bonds. The summed E-state index contributed by atoms with van der Waals surface area (Å²) in [6, 6.07) is 18.3. The van der Waals surface area contributed by atoms with Crippen molar-refractivity contribution in [1.29, 1.82) is 0 Å². The molecule has 0 aliphatic carbocycles. The fraction of sp³-hybridized carbons (Fsp3) is 0.333. The molecule has 0 fully saturated rings. The predicted octanol–water partition coefficient (Wildman–Crippen LogP) is 4.60. The van der Waals surface area contributed by atoms with Crippen LogP contribution in [0.3, 0.4) is 0 Å². The van der Waals surface area contributed by atoms with Gasteiger partial charge in [0.25, 0.3) is 0 Å². The first-order valence-electron chi connectivity index (χ1n) is 13.1. The zero-order valence-electron chi connectivity index (χ0n) is 22.9. The van der Waals surface area contributed by atoms with Crippen LogP contribution in [0.15, 0.2) is 72.8 Å². The number of nitrogens with one attached hydrogen (secondary N) is 1. The highest BCUT2D eigenvalue weighted by atomic mass is 32.2. The largest absolute Gasteiger partial charge is 0.354 e. The van der Waals surface area contributed by atoms with Gasteiger partial charge in [0.15, 0.2) is 11.6 Å². The van der Waals surface area contributed by atoms with E-state index in [1.165, 1.54) is 4.90 Å². The van der Waals surface area contributed by atoms with E-state index >= 15 is 0 Å². The molecule has 0 saturated heterocycles. The highest BCUT2D eigenvalue weighted by Gasteiger charge is 2.33. The number of unbranched alkanes of at least 4 members (excludes halogenated alkanes) is 1. The monoisotopic (exact) mass is 571 g/mol. The van der Waals surface area contributed by atoms with Crippen molar-refractivity contribution in [3.05, 3.63) is 101 Å². The summed E-state index contributed by atoms with van der Waals surface area (Å²) in [7, 11) is -4.08. The van der Waals surface area contributed by atoms with Crippen molar-refractivity contribution in [1.82, 2.24) is 10.2 Å². The lowest BCUT2D eigenvalue weighted by atomic mass is 10.0. The molecule has 0 aliphatic heterocycles. The van der Waals surface area contributed by atoms with Gasteiger partial charge in [-0.2, -0.15) is 0 Å². The Kier molecular flexibility index (Phi) is 10.8. The van der Waals surface area contributed by atoms with Crippen molar-refractivity contribution < 1.29 is 26.8 Å². The van der Waals surface area contributed by atoms with Crippen molar-refractivity contribution in [2.75, 3.05) is 23.7 Å². The van der Waals surface area contributed by atoms with Crippen molar-refractivity contribution >= 4 is 27.5 Å². The summed E-state index contributed by atoms with van der Waals surface area (Å²) < 4.78 is 53.8. The van der Waals surface area contributed by atoms with E-state index in [0.717, 1.165) is 58.3 Å². The van der Waals surface area contributed by atoms with Crippen LogP contribution in [0.5, 0.6) is 0 Å². The Hall–Kier alpha value is -3.79. The number of hydrogen-bond acceptors (Lipinski definition) is 4. The minimum absolute atomic E-state index is 0.0363. The van der Waals surface area contributed by atoms with Gasteiger partial charge in [-0.05, 0) is 36.6 Å². The number of nitrogens with zero attached hydrogens (tertiary/aromatic N) is 2. The van der Waals surface area contributed by atoms with Gasteiger partial charge in [0.05, 0.1) is 11.9 Å². The highest BCUT2D eigenvalue weighted by Crippen LogP contribution is 2.22. The zero-order valence-corrected chi connectivity index (χ0v) is 23.8. The first kappa shape index (κ1) is 30.7. The highest BCUT2D eigenvalue weighted by molar-refractivity contribution is 7.92. The van der Waals surface area contributed by atoms with Gasteiger partial charge in [0, 0.05) is 25.6 Å². The van der Waals surface area contributed by atoms with Crippen molar-refractivity contribution in [3.63, 3.8) is 0 Å². The number of carbonyl (C=O) groups excluding carboxylic acids is 2. The summed E-state index contributed by atoms with van der Waals surface area (Å²) in [4.78, 5) is 28.8. The van der Waals surface area contributed by atoms with Gasteiger partial charge in [0.1, 0.15) is 12.6 Å². The molecule has 214 valence electrons. The number of rotatable bonds is 13. The Balaban J connectivity index is 2.04. The van der Waals surface area contributed by atoms with Crippen LogP contribution in [0.2, 0.25) is 0 Å². The van der Waals surface area contributed by atoms with E-state index in [4.69, 9.17) is 0 Å². The normalized spacial score (nSPS) is 12.0.